The van der Waals surface area contributed by atoms with Gasteiger partial charge in [-0.3, -0.25) is 4.79 Å². The summed E-state index contributed by atoms with van der Waals surface area (Å²) in [5.41, 5.74) is 0.0686. The lowest BCUT2D eigenvalue weighted by atomic mass is 9.95. The lowest BCUT2D eigenvalue weighted by molar-refractivity contribution is -0.128. The number of amides is 1. The Morgan fingerprint density at radius 3 is 2.50 bits per heavy atom. The third kappa shape index (κ3) is 4.16. The van der Waals surface area contributed by atoms with E-state index in [1.165, 1.54) is 0 Å². The average Bonchev–Trinajstić information content (AvgIpc) is 2.24. The Labute approximate surface area is 117 Å². The van der Waals surface area contributed by atoms with E-state index in [9.17, 15) is 9.90 Å². The van der Waals surface area contributed by atoms with Crippen molar-refractivity contribution < 1.29 is 9.90 Å². The summed E-state index contributed by atoms with van der Waals surface area (Å²) in [6.07, 6.45) is -0.846. The van der Waals surface area contributed by atoms with Crippen LogP contribution in [0.15, 0.2) is 18.2 Å². The quantitative estimate of drug-likeness (QED) is 0.898. The van der Waals surface area contributed by atoms with E-state index < -0.39 is 11.5 Å². The van der Waals surface area contributed by atoms with Crippen LogP contribution in [0.2, 0.25) is 10.0 Å². The summed E-state index contributed by atoms with van der Waals surface area (Å²) in [7, 11) is 0. The molecule has 0 saturated carbocycles. The maximum absolute atomic E-state index is 11.7. The fourth-order valence-electron chi connectivity index (χ4n) is 1.34. The number of carbonyl (C=O) groups is 1. The van der Waals surface area contributed by atoms with Crippen molar-refractivity contribution in [1.82, 2.24) is 5.32 Å². The second-order valence-corrected chi connectivity index (χ2v) is 5.99. The Balaban J connectivity index is 2.66. The molecular formula is C13H17Cl2NO2. The molecule has 0 saturated heterocycles. The molecule has 0 aliphatic rings. The molecule has 3 nitrogen and oxygen atoms in total. The van der Waals surface area contributed by atoms with Crippen molar-refractivity contribution in [3.05, 3.63) is 33.8 Å². The average molecular weight is 290 g/mol. The number of carbonyl (C=O) groups excluding carboxylic acids is 1. The fourth-order valence-corrected chi connectivity index (χ4v) is 1.87. The Kier molecular flexibility index (Phi) is 5.02. The monoisotopic (exact) mass is 289 g/mol. The van der Waals surface area contributed by atoms with Crippen molar-refractivity contribution >= 4 is 29.1 Å². The van der Waals surface area contributed by atoms with Crippen LogP contribution in [-0.2, 0) is 4.79 Å². The van der Waals surface area contributed by atoms with Crippen LogP contribution in [0.25, 0.3) is 0 Å². The smallest absolute Gasteiger partial charge is 0.225 e. The van der Waals surface area contributed by atoms with E-state index in [0.717, 1.165) is 0 Å². The van der Waals surface area contributed by atoms with Gasteiger partial charge in [0.2, 0.25) is 5.91 Å². The van der Waals surface area contributed by atoms with E-state index >= 15 is 0 Å². The van der Waals surface area contributed by atoms with Crippen molar-refractivity contribution in [2.75, 3.05) is 6.54 Å². The number of aliphatic hydroxyl groups is 1. The van der Waals surface area contributed by atoms with Gasteiger partial charge in [-0.05, 0) is 12.1 Å². The second-order valence-electron chi connectivity index (χ2n) is 5.14. The third-order valence-corrected chi connectivity index (χ3v) is 3.02. The van der Waals surface area contributed by atoms with Gasteiger partial charge >= 0.3 is 0 Å². The zero-order valence-corrected chi connectivity index (χ0v) is 12.1. The lowest BCUT2D eigenvalue weighted by Crippen LogP contribution is -2.37. The van der Waals surface area contributed by atoms with Crippen LogP contribution in [0.1, 0.15) is 32.4 Å². The molecule has 2 N–H and O–H groups in total. The molecule has 0 aliphatic heterocycles. The van der Waals surface area contributed by atoms with E-state index in [1.54, 1.807) is 18.2 Å². The van der Waals surface area contributed by atoms with Crippen LogP contribution in [0.4, 0.5) is 0 Å². The molecule has 1 aromatic rings. The number of rotatable bonds is 3. The zero-order valence-electron chi connectivity index (χ0n) is 10.6. The summed E-state index contributed by atoms with van der Waals surface area (Å²) >= 11 is 11.7. The first-order valence-electron chi connectivity index (χ1n) is 5.63. The van der Waals surface area contributed by atoms with Crippen molar-refractivity contribution in [2.45, 2.75) is 26.9 Å². The van der Waals surface area contributed by atoms with E-state index in [4.69, 9.17) is 23.2 Å². The molecule has 1 amide bonds. The first kappa shape index (κ1) is 15.3. The van der Waals surface area contributed by atoms with Crippen LogP contribution < -0.4 is 5.32 Å². The van der Waals surface area contributed by atoms with Gasteiger partial charge < -0.3 is 10.4 Å². The van der Waals surface area contributed by atoms with E-state index in [1.807, 2.05) is 20.8 Å². The molecule has 0 aromatic heterocycles. The summed E-state index contributed by atoms with van der Waals surface area (Å²) in [5.74, 6) is -0.119. The topological polar surface area (TPSA) is 49.3 Å². The van der Waals surface area contributed by atoms with Crippen molar-refractivity contribution in [1.29, 1.82) is 0 Å². The number of aliphatic hydroxyl groups excluding tert-OH is 1. The number of hydrogen-bond donors (Lipinski definition) is 2. The lowest BCUT2D eigenvalue weighted by Gasteiger charge is -2.20. The minimum Gasteiger partial charge on any atom is -0.387 e. The molecule has 1 rings (SSSR count). The molecule has 5 heteroatoms. The summed E-state index contributed by atoms with van der Waals surface area (Å²) in [6, 6.07) is 4.86. The van der Waals surface area contributed by atoms with Gasteiger partial charge in [-0.25, -0.2) is 0 Å². The fraction of sp³-hybridized carbons (Fsp3) is 0.462. The molecule has 0 aliphatic carbocycles. The van der Waals surface area contributed by atoms with Crippen LogP contribution >= 0.6 is 23.2 Å². The number of hydrogen-bond acceptors (Lipinski definition) is 2. The van der Waals surface area contributed by atoms with Gasteiger partial charge in [-0.15, -0.1) is 0 Å². The van der Waals surface area contributed by atoms with Crippen molar-refractivity contribution in [3.63, 3.8) is 0 Å². The summed E-state index contributed by atoms with van der Waals surface area (Å²) < 4.78 is 0. The standard InChI is InChI=1S/C13H17Cl2NO2/c1-13(2,3)12(18)16-7-11(17)9-5-4-8(14)6-10(9)15/h4-6,11,17H,7H2,1-3H3,(H,16,18). The van der Waals surface area contributed by atoms with Gasteiger partial charge in [0.05, 0.1) is 6.10 Å². The molecule has 0 spiro atoms. The molecule has 0 heterocycles. The van der Waals surface area contributed by atoms with Gasteiger partial charge in [0.25, 0.3) is 0 Å². The maximum atomic E-state index is 11.7. The van der Waals surface area contributed by atoms with E-state index in [0.29, 0.717) is 15.6 Å². The molecule has 0 bridgehead atoms. The maximum Gasteiger partial charge on any atom is 0.225 e. The van der Waals surface area contributed by atoms with Gasteiger partial charge in [0.15, 0.2) is 0 Å². The van der Waals surface area contributed by atoms with Gasteiger partial charge in [-0.1, -0.05) is 50.0 Å². The molecule has 18 heavy (non-hydrogen) atoms. The van der Waals surface area contributed by atoms with Crippen molar-refractivity contribution in [2.24, 2.45) is 5.41 Å². The van der Waals surface area contributed by atoms with Crippen molar-refractivity contribution in [3.8, 4) is 0 Å². The highest BCUT2D eigenvalue weighted by molar-refractivity contribution is 6.35. The molecule has 100 valence electrons. The molecule has 1 aromatic carbocycles. The minimum absolute atomic E-state index is 0.119. The van der Waals surface area contributed by atoms with E-state index in [-0.39, 0.29) is 12.5 Å². The zero-order chi connectivity index (χ0) is 13.9. The molecule has 0 fully saturated rings. The summed E-state index contributed by atoms with van der Waals surface area (Å²) in [5, 5.41) is 13.5. The Hall–Kier alpha value is -0.770. The third-order valence-electron chi connectivity index (χ3n) is 2.46. The van der Waals surface area contributed by atoms with Gasteiger partial charge in [0.1, 0.15) is 0 Å². The molecule has 1 unspecified atom stereocenters. The first-order chi connectivity index (χ1) is 8.21. The Bertz CT molecular complexity index is 441. The largest absolute Gasteiger partial charge is 0.387 e. The Morgan fingerprint density at radius 2 is 2.00 bits per heavy atom. The molecule has 0 radical (unpaired) electrons. The number of nitrogens with one attached hydrogen (secondary N) is 1. The normalized spacial score (nSPS) is 13.2. The number of benzene rings is 1. The number of halogens is 2. The predicted molar refractivity (Wildman–Crippen MR) is 73.9 cm³/mol. The highest BCUT2D eigenvalue weighted by atomic mass is 35.5. The van der Waals surface area contributed by atoms with Crippen LogP contribution in [0, 0.1) is 5.41 Å². The first-order valence-corrected chi connectivity index (χ1v) is 6.38. The highest BCUT2D eigenvalue weighted by Crippen LogP contribution is 2.26. The molecule has 1 atom stereocenters. The predicted octanol–water partition coefficient (Wildman–Crippen LogP) is 3.19. The minimum atomic E-state index is -0.846. The van der Waals surface area contributed by atoms with Gasteiger partial charge in [-0.2, -0.15) is 0 Å². The van der Waals surface area contributed by atoms with Gasteiger partial charge in [0, 0.05) is 27.6 Å². The second kappa shape index (κ2) is 5.91. The summed E-state index contributed by atoms with van der Waals surface area (Å²) in [6.45, 7) is 5.55. The van der Waals surface area contributed by atoms with E-state index in [2.05, 4.69) is 5.32 Å². The SMILES string of the molecule is CC(C)(C)C(=O)NCC(O)c1ccc(Cl)cc1Cl. The molecular weight excluding hydrogens is 273 g/mol. The summed E-state index contributed by atoms with van der Waals surface area (Å²) in [4.78, 5) is 11.7. The Morgan fingerprint density at radius 1 is 1.39 bits per heavy atom. The van der Waals surface area contributed by atoms with Crippen LogP contribution in [0.5, 0.6) is 0 Å². The highest BCUT2D eigenvalue weighted by Gasteiger charge is 2.22. The van der Waals surface area contributed by atoms with Crippen LogP contribution in [0.3, 0.4) is 0 Å². The van der Waals surface area contributed by atoms with Crippen LogP contribution in [-0.4, -0.2) is 17.6 Å².